The Balaban J connectivity index is 1.80. The van der Waals surface area contributed by atoms with Crippen LogP contribution in [0.5, 0.6) is 0 Å². The van der Waals surface area contributed by atoms with Gasteiger partial charge in [-0.3, -0.25) is 0 Å². The first-order valence-electron chi connectivity index (χ1n) is 8.91. The molecule has 0 radical (unpaired) electrons. The maximum absolute atomic E-state index is 11.7. The highest BCUT2D eigenvalue weighted by Crippen LogP contribution is 2.29. The van der Waals surface area contributed by atoms with Crippen LogP contribution in [0.15, 0.2) is 59.8 Å². The number of rotatable bonds is 10. The lowest BCUT2D eigenvalue weighted by Gasteiger charge is -2.24. The van der Waals surface area contributed by atoms with Crippen LogP contribution >= 0.6 is 11.3 Å². The number of hydrogen-bond acceptors (Lipinski definition) is 8. The van der Waals surface area contributed by atoms with Gasteiger partial charge in [-0.2, -0.15) is 0 Å². The Labute approximate surface area is 175 Å². The predicted octanol–water partition coefficient (Wildman–Crippen LogP) is 2.32. The maximum atomic E-state index is 11.7. The molecule has 3 aromatic rings. The van der Waals surface area contributed by atoms with Gasteiger partial charge in [0, 0.05) is 29.7 Å². The molecule has 0 aliphatic heterocycles. The summed E-state index contributed by atoms with van der Waals surface area (Å²) in [6, 6.07) is 8.74. The molecule has 1 aromatic carbocycles. The second-order valence-corrected chi connectivity index (χ2v) is 7.14. The van der Waals surface area contributed by atoms with Crippen molar-refractivity contribution in [3.05, 3.63) is 65.3 Å². The number of aliphatic hydroxyl groups excluding tert-OH is 1. The van der Waals surface area contributed by atoms with Crippen LogP contribution in [0.2, 0.25) is 0 Å². The highest BCUT2D eigenvalue weighted by molar-refractivity contribution is 7.17. The van der Waals surface area contributed by atoms with Gasteiger partial charge in [0.2, 0.25) is 5.95 Å². The number of nitrogens with zero attached hydrogens (tertiary/aromatic N) is 2. The third kappa shape index (κ3) is 5.38. The molecule has 0 amide bonds. The molecule has 4 N–H and O–H groups in total. The average Bonchev–Trinajstić information content (AvgIpc) is 3.20. The van der Waals surface area contributed by atoms with Crippen LogP contribution in [0.1, 0.15) is 11.7 Å². The van der Waals surface area contributed by atoms with Crippen LogP contribution in [-0.4, -0.2) is 56.5 Å². The molecule has 2 unspecified atom stereocenters. The van der Waals surface area contributed by atoms with Crippen molar-refractivity contribution < 1.29 is 29.6 Å². The SMILES string of the molecule is O=C(O)/C=C(/C(=O)O)C(OCCNc1ncccn1)C(O)c1ccc2sccc2c1. The Morgan fingerprint density at radius 1 is 1.20 bits per heavy atom. The summed E-state index contributed by atoms with van der Waals surface area (Å²) in [7, 11) is 0. The molecule has 2 atom stereocenters. The molecule has 0 aliphatic carbocycles. The molecule has 0 aliphatic rings. The smallest absolute Gasteiger partial charge is 0.334 e. The van der Waals surface area contributed by atoms with Gasteiger partial charge in [0.25, 0.3) is 0 Å². The largest absolute Gasteiger partial charge is 0.478 e. The van der Waals surface area contributed by atoms with Crippen LogP contribution in [0.3, 0.4) is 0 Å². The van der Waals surface area contributed by atoms with Gasteiger partial charge in [0.15, 0.2) is 0 Å². The fourth-order valence-corrected chi connectivity index (χ4v) is 3.60. The number of carboxylic acids is 2. The number of fused-ring (bicyclic) bond motifs is 1. The summed E-state index contributed by atoms with van der Waals surface area (Å²) in [6.07, 6.45) is 0.868. The number of ether oxygens (including phenoxy) is 1. The van der Waals surface area contributed by atoms with Crippen LogP contribution < -0.4 is 5.32 Å². The first-order valence-corrected chi connectivity index (χ1v) is 9.79. The van der Waals surface area contributed by atoms with E-state index in [1.807, 2.05) is 17.5 Å². The van der Waals surface area contributed by atoms with Crippen molar-refractivity contribution in [1.82, 2.24) is 9.97 Å². The fraction of sp³-hybridized carbons (Fsp3) is 0.200. The molecule has 2 heterocycles. The number of carboxylic acid groups (broad SMARTS) is 2. The number of hydrogen-bond donors (Lipinski definition) is 4. The molecule has 10 heteroatoms. The number of anilines is 1. The Morgan fingerprint density at radius 3 is 2.67 bits per heavy atom. The van der Waals surface area contributed by atoms with Gasteiger partial charge in [-0.1, -0.05) is 6.07 Å². The Bertz CT molecular complexity index is 1050. The zero-order chi connectivity index (χ0) is 21.5. The first kappa shape index (κ1) is 21.4. The fourth-order valence-electron chi connectivity index (χ4n) is 2.83. The summed E-state index contributed by atoms with van der Waals surface area (Å²) in [4.78, 5) is 30.8. The highest BCUT2D eigenvalue weighted by Gasteiger charge is 2.31. The molecular formula is C20H19N3O6S. The summed E-state index contributed by atoms with van der Waals surface area (Å²) >= 11 is 1.53. The lowest BCUT2D eigenvalue weighted by Crippen LogP contribution is -2.31. The van der Waals surface area contributed by atoms with E-state index in [1.54, 1.807) is 30.6 Å². The van der Waals surface area contributed by atoms with Gasteiger partial charge in [-0.05, 0) is 40.6 Å². The number of aliphatic hydroxyl groups is 1. The predicted molar refractivity (Wildman–Crippen MR) is 110 cm³/mol. The molecule has 156 valence electrons. The number of carbonyl (C=O) groups is 2. The summed E-state index contributed by atoms with van der Waals surface area (Å²) < 4.78 is 6.63. The molecule has 0 saturated heterocycles. The zero-order valence-corrected chi connectivity index (χ0v) is 16.5. The lowest BCUT2D eigenvalue weighted by molar-refractivity contribution is -0.137. The highest BCUT2D eigenvalue weighted by atomic mass is 32.1. The minimum atomic E-state index is -1.49. The lowest BCUT2D eigenvalue weighted by atomic mass is 9.97. The second kappa shape index (κ2) is 9.92. The Kier molecular flexibility index (Phi) is 7.07. The number of thiophene rings is 1. The van der Waals surface area contributed by atoms with Crippen molar-refractivity contribution >= 4 is 39.3 Å². The van der Waals surface area contributed by atoms with E-state index in [4.69, 9.17) is 9.84 Å². The van der Waals surface area contributed by atoms with Crippen molar-refractivity contribution in [2.24, 2.45) is 0 Å². The minimum absolute atomic E-state index is 0.0229. The van der Waals surface area contributed by atoms with Crippen molar-refractivity contribution in [1.29, 1.82) is 0 Å². The van der Waals surface area contributed by atoms with Gasteiger partial charge >= 0.3 is 11.9 Å². The molecule has 30 heavy (non-hydrogen) atoms. The summed E-state index contributed by atoms with van der Waals surface area (Å²) in [5.41, 5.74) is -0.140. The minimum Gasteiger partial charge on any atom is -0.478 e. The monoisotopic (exact) mass is 429 g/mol. The zero-order valence-electron chi connectivity index (χ0n) is 15.6. The van der Waals surface area contributed by atoms with Crippen LogP contribution in [0.25, 0.3) is 10.1 Å². The molecule has 2 aromatic heterocycles. The number of nitrogens with one attached hydrogen (secondary N) is 1. The average molecular weight is 429 g/mol. The molecule has 3 rings (SSSR count). The molecule has 0 fully saturated rings. The summed E-state index contributed by atoms with van der Waals surface area (Å²) in [6.45, 7) is 0.196. The molecule has 9 nitrogen and oxygen atoms in total. The van der Waals surface area contributed by atoms with Gasteiger partial charge in [0.1, 0.15) is 12.2 Å². The van der Waals surface area contributed by atoms with E-state index < -0.39 is 29.7 Å². The van der Waals surface area contributed by atoms with E-state index in [1.165, 1.54) is 11.3 Å². The number of aliphatic carboxylic acids is 2. The first-order chi connectivity index (χ1) is 14.5. The van der Waals surface area contributed by atoms with Gasteiger partial charge in [0.05, 0.1) is 12.2 Å². The third-order valence-corrected chi connectivity index (χ3v) is 5.08. The maximum Gasteiger partial charge on any atom is 0.334 e. The third-order valence-electron chi connectivity index (χ3n) is 4.19. The van der Waals surface area contributed by atoms with Crippen LogP contribution in [0.4, 0.5) is 5.95 Å². The Morgan fingerprint density at radius 2 is 1.97 bits per heavy atom. The van der Waals surface area contributed by atoms with Crippen molar-refractivity contribution in [3.8, 4) is 0 Å². The van der Waals surface area contributed by atoms with Gasteiger partial charge < -0.3 is 25.4 Å². The van der Waals surface area contributed by atoms with Crippen LogP contribution in [0, 0.1) is 0 Å². The molecule has 0 saturated carbocycles. The summed E-state index contributed by atoms with van der Waals surface area (Å²) in [5.74, 6) is -2.57. The topological polar surface area (TPSA) is 142 Å². The molecule has 0 bridgehead atoms. The molecule has 0 spiro atoms. The van der Waals surface area contributed by atoms with Crippen LogP contribution in [-0.2, 0) is 14.3 Å². The van der Waals surface area contributed by atoms with E-state index >= 15 is 0 Å². The number of benzene rings is 1. The normalized spacial score (nSPS) is 13.7. The van der Waals surface area contributed by atoms with E-state index in [2.05, 4.69) is 15.3 Å². The van der Waals surface area contributed by atoms with Crippen molar-refractivity contribution in [3.63, 3.8) is 0 Å². The summed E-state index contributed by atoms with van der Waals surface area (Å²) in [5, 5.41) is 35.1. The molecular weight excluding hydrogens is 410 g/mol. The quantitative estimate of drug-likeness (QED) is 0.282. The van der Waals surface area contributed by atoms with E-state index in [0.29, 0.717) is 17.6 Å². The standard InChI is InChI=1S/C20H19N3O6S/c24-16(25)11-14(19(27)28)18(29-8-7-23-20-21-5-1-6-22-20)17(26)13-2-3-15-12(10-13)4-9-30-15/h1-6,9-11,17-18,26H,7-8H2,(H,24,25)(H,27,28)(H,21,22,23)/b14-11+. The number of aromatic nitrogens is 2. The second-order valence-electron chi connectivity index (χ2n) is 6.20. The van der Waals surface area contributed by atoms with Gasteiger partial charge in [-0.25, -0.2) is 19.6 Å². The van der Waals surface area contributed by atoms with Crippen molar-refractivity contribution in [2.45, 2.75) is 12.2 Å². The van der Waals surface area contributed by atoms with E-state index in [9.17, 15) is 19.8 Å². The van der Waals surface area contributed by atoms with E-state index in [-0.39, 0.29) is 13.2 Å². The van der Waals surface area contributed by atoms with E-state index in [0.717, 1.165) is 10.1 Å². The van der Waals surface area contributed by atoms with Crippen molar-refractivity contribution in [2.75, 3.05) is 18.5 Å². The Hall–Kier alpha value is -3.34. The van der Waals surface area contributed by atoms with Gasteiger partial charge in [-0.15, -0.1) is 11.3 Å².